The van der Waals surface area contributed by atoms with Crippen molar-refractivity contribution < 1.29 is 18.3 Å². The molecule has 0 aromatic heterocycles. The summed E-state index contributed by atoms with van der Waals surface area (Å²) in [5.41, 5.74) is 0.739. The Morgan fingerprint density at radius 1 is 1.39 bits per heavy atom. The third-order valence-corrected chi connectivity index (χ3v) is 2.93. The molecule has 0 saturated carbocycles. The van der Waals surface area contributed by atoms with Gasteiger partial charge in [0.1, 0.15) is 5.75 Å². The molecule has 1 saturated heterocycles. The van der Waals surface area contributed by atoms with Gasteiger partial charge in [-0.15, -0.1) is 0 Å². The van der Waals surface area contributed by atoms with Gasteiger partial charge in [0.15, 0.2) is 0 Å². The summed E-state index contributed by atoms with van der Waals surface area (Å²) in [5.74, 6) is 0.233. The Morgan fingerprint density at radius 2 is 2.22 bits per heavy atom. The fourth-order valence-electron chi connectivity index (χ4n) is 2.02. The molecule has 3 nitrogen and oxygen atoms in total. The molecule has 1 atom stereocenters. The predicted octanol–water partition coefficient (Wildman–Crippen LogP) is 2.56. The molecule has 1 unspecified atom stereocenters. The van der Waals surface area contributed by atoms with E-state index in [-0.39, 0.29) is 5.75 Å². The highest BCUT2D eigenvalue weighted by Gasteiger charge is 2.14. The SMILES string of the molecule is FC(F)Oc1ccccc1CNC1CCCOC1. The fourth-order valence-corrected chi connectivity index (χ4v) is 2.02. The van der Waals surface area contributed by atoms with Crippen molar-refractivity contribution >= 4 is 0 Å². The van der Waals surface area contributed by atoms with E-state index >= 15 is 0 Å². The maximum atomic E-state index is 12.2. The van der Waals surface area contributed by atoms with Crippen LogP contribution in [-0.2, 0) is 11.3 Å². The zero-order chi connectivity index (χ0) is 12.8. The summed E-state index contributed by atoms with van der Waals surface area (Å²) >= 11 is 0. The first-order chi connectivity index (χ1) is 8.75. The van der Waals surface area contributed by atoms with Gasteiger partial charge in [-0.2, -0.15) is 8.78 Å². The van der Waals surface area contributed by atoms with Crippen LogP contribution in [-0.4, -0.2) is 25.9 Å². The molecular formula is C13H17F2NO2. The molecule has 1 fully saturated rings. The number of nitrogens with one attached hydrogen (secondary N) is 1. The Bertz CT molecular complexity index is 368. The Kier molecular flexibility index (Phi) is 4.90. The number of ether oxygens (including phenoxy) is 2. The maximum Gasteiger partial charge on any atom is 0.387 e. The summed E-state index contributed by atoms with van der Waals surface area (Å²) in [7, 11) is 0. The van der Waals surface area contributed by atoms with Crippen molar-refractivity contribution in [3.8, 4) is 5.75 Å². The van der Waals surface area contributed by atoms with Crippen molar-refractivity contribution in [3.05, 3.63) is 29.8 Å². The summed E-state index contributed by atoms with van der Waals surface area (Å²) in [6, 6.07) is 7.13. The van der Waals surface area contributed by atoms with Gasteiger partial charge in [-0.25, -0.2) is 0 Å². The van der Waals surface area contributed by atoms with Crippen molar-refractivity contribution in [2.24, 2.45) is 0 Å². The van der Waals surface area contributed by atoms with E-state index in [0.29, 0.717) is 19.2 Å². The monoisotopic (exact) mass is 257 g/mol. The molecule has 0 radical (unpaired) electrons. The quantitative estimate of drug-likeness (QED) is 0.879. The first kappa shape index (κ1) is 13.2. The second-order valence-electron chi connectivity index (χ2n) is 4.28. The molecule has 0 bridgehead atoms. The average molecular weight is 257 g/mol. The van der Waals surface area contributed by atoms with Crippen LogP contribution in [0, 0.1) is 0 Å². The molecule has 1 aromatic rings. The third-order valence-electron chi connectivity index (χ3n) is 2.93. The van der Waals surface area contributed by atoms with Crippen LogP contribution in [0.15, 0.2) is 24.3 Å². The zero-order valence-electron chi connectivity index (χ0n) is 10.1. The zero-order valence-corrected chi connectivity index (χ0v) is 10.1. The predicted molar refractivity (Wildman–Crippen MR) is 63.8 cm³/mol. The van der Waals surface area contributed by atoms with Crippen molar-refractivity contribution in [1.82, 2.24) is 5.32 Å². The van der Waals surface area contributed by atoms with Crippen molar-refractivity contribution in [3.63, 3.8) is 0 Å². The van der Waals surface area contributed by atoms with Crippen molar-refractivity contribution in [1.29, 1.82) is 0 Å². The summed E-state index contributed by atoms with van der Waals surface area (Å²) in [6.45, 7) is -0.790. The Labute approximate surface area is 105 Å². The van der Waals surface area contributed by atoms with E-state index in [1.165, 1.54) is 0 Å². The van der Waals surface area contributed by atoms with Gasteiger partial charge in [-0.3, -0.25) is 0 Å². The maximum absolute atomic E-state index is 12.2. The highest BCUT2D eigenvalue weighted by atomic mass is 19.3. The summed E-state index contributed by atoms with van der Waals surface area (Å²) in [6.07, 6.45) is 2.09. The van der Waals surface area contributed by atoms with Crippen LogP contribution in [0.4, 0.5) is 8.78 Å². The lowest BCUT2D eigenvalue weighted by molar-refractivity contribution is -0.0505. The Balaban J connectivity index is 1.91. The van der Waals surface area contributed by atoms with Gasteiger partial charge < -0.3 is 14.8 Å². The van der Waals surface area contributed by atoms with E-state index in [2.05, 4.69) is 10.1 Å². The Morgan fingerprint density at radius 3 is 2.94 bits per heavy atom. The van der Waals surface area contributed by atoms with E-state index < -0.39 is 6.61 Å². The third kappa shape index (κ3) is 3.92. The first-order valence-electron chi connectivity index (χ1n) is 6.09. The van der Waals surface area contributed by atoms with Crippen LogP contribution >= 0.6 is 0 Å². The fraction of sp³-hybridized carbons (Fsp3) is 0.538. The highest BCUT2D eigenvalue weighted by molar-refractivity contribution is 5.33. The normalized spacial score (nSPS) is 20.1. The van der Waals surface area contributed by atoms with Crippen LogP contribution in [0.5, 0.6) is 5.75 Å². The lowest BCUT2D eigenvalue weighted by Gasteiger charge is -2.23. The number of hydrogen-bond donors (Lipinski definition) is 1. The lowest BCUT2D eigenvalue weighted by Crippen LogP contribution is -2.36. The average Bonchev–Trinajstić information content (AvgIpc) is 2.38. The smallest absolute Gasteiger partial charge is 0.387 e. The molecule has 5 heteroatoms. The van der Waals surface area contributed by atoms with Crippen LogP contribution in [0.1, 0.15) is 18.4 Å². The number of benzene rings is 1. The number of hydrogen-bond acceptors (Lipinski definition) is 3. The van der Waals surface area contributed by atoms with E-state index in [9.17, 15) is 8.78 Å². The summed E-state index contributed by atoms with van der Waals surface area (Å²) in [4.78, 5) is 0. The minimum absolute atomic E-state index is 0.233. The molecule has 100 valence electrons. The summed E-state index contributed by atoms with van der Waals surface area (Å²) in [5, 5.41) is 3.30. The molecule has 0 spiro atoms. The molecule has 1 heterocycles. The molecule has 0 aliphatic carbocycles. The van der Waals surface area contributed by atoms with Crippen molar-refractivity contribution in [2.75, 3.05) is 13.2 Å². The van der Waals surface area contributed by atoms with E-state index in [0.717, 1.165) is 25.0 Å². The van der Waals surface area contributed by atoms with Gasteiger partial charge in [0, 0.05) is 24.8 Å². The molecule has 1 aliphatic rings. The number of rotatable bonds is 5. The van der Waals surface area contributed by atoms with Crippen LogP contribution < -0.4 is 10.1 Å². The van der Waals surface area contributed by atoms with Crippen LogP contribution in [0.2, 0.25) is 0 Å². The van der Waals surface area contributed by atoms with Crippen LogP contribution in [0.3, 0.4) is 0 Å². The second-order valence-corrected chi connectivity index (χ2v) is 4.28. The largest absolute Gasteiger partial charge is 0.434 e. The Hall–Kier alpha value is -1.20. The minimum atomic E-state index is -2.79. The molecule has 1 aromatic carbocycles. The van der Waals surface area contributed by atoms with Gasteiger partial charge in [0.25, 0.3) is 0 Å². The van der Waals surface area contributed by atoms with E-state index in [4.69, 9.17) is 4.74 Å². The van der Waals surface area contributed by atoms with Crippen LogP contribution in [0.25, 0.3) is 0 Å². The summed E-state index contributed by atoms with van der Waals surface area (Å²) < 4.78 is 34.3. The van der Waals surface area contributed by atoms with E-state index in [1.54, 1.807) is 18.2 Å². The molecule has 0 amide bonds. The second kappa shape index (κ2) is 6.66. The molecule has 1 aliphatic heterocycles. The van der Waals surface area contributed by atoms with Crippen molar-refractivity contribution in [2.45, 2.75) is 32.0 Å². The van der Waals surface area contributed by atoms with Gasteiger partial charge in [0.05, 0.1) is 6.61 Å². The molecule has 1 N–H and O–H groups in total. The number of alkyl halides is 2. The number of para-hydroxylation sites is 1. The van der Waals surface area contributed by atoms with Gasteiger partial charge in [-0.05, 0) is 18.9 Å². The van der Waals surface area contributed by atoms with Gasteiger partial charge in [-0.1, -0.05) is 18.2 Å². The number of halogens is 2. The minimum Gasteiger partial charge on any atom is -0.434 e. The van der Waals surface area contributed by atoms with E-state index in [1.807, 2.05) is 6.07 Å². The molecular weight excluding hydrogens is 240 g/mol. The van der Waals surface area contributed by atoms with Gasteiger partial charge in [0.2, 0.25) is 0 Å². The molecule has 18 heavy (non-hydrogen) atoms. The standard InChI is InChI=1S/C13H17F2NO2/c14-13(15)18-12-6-2-1-4-10(12)8-16-11-5-3-7-17-9-11/h1-2,4,6,11,13,16H,3,5,7-9H2. The molecule has 2 rings (SSSR count). The lowest BCUT2D eigenvalue weighted by atomic mass is 10.1. The first-order valence-corrected chi connectivity index (χ1v) is 6.09. The topological polar surface area (TPSA) is 30.5 Å². The van der Waals surface area contributed by atoms with Gasteiger partial charge >= 0.3 is 6.61 Å². The highest BCUT2D eigenvalue weighted by Crippen LogP contribution is 2.20.